The number of ether oxygens (including phenoxy) is 1. The summed E-state index contributed by atoms with van der Waals surface area (Å²) in [5.41, 5.74) is 0.780. The molecule has 8 heteroatoms. The summed E-state index contributed by atoms with van der Waals surface area (Å²) in [7, 11) is 0. The van der Waals surface area contributed by atoms with E-state index in [1.54, 1.807) is 24.3 Å². The van der Waals surface area contributed by atoms with Gasteiger partial charge in [0.2, 0.25) is 5.91 Å². The number of carbonyl (C=O) groups excluding carboxylic acids is 3. The lowest BCUT2D eigenvalue weighted by Crippen LogP contribution is -2.48. The summed E-state index contributed by atoms with van der Waals surface area (Å²) in [6, 6.07) is 7.92. The third kappa shape index (κ3) is 7.60. The number of hydrogen-bond donors (Lipinski definition) is 3. The van der Waals surface area contributed by atoms with Crippen LogP contribution in [0.3, 0.4) is 0 Å². The molecule has 3 N–H and O–H groups in total. The van der Waals surface area contributed by atoms with Crippen molar-refractivity contribution in [2.75, 3.05) is 6.54 Å². The highest BCUT2D eigenvalue weighted by Crippen LogP contribution is 2.02. The van der Waals surface area contributed by atoms with Crippen LogP contribution in [0, 0.1) is 0 Å². The monoisotopic (exact) mass is 322 g/mol. The van der Waals surface area contributed by atoms with Crippen molar-refractivity contribution in [2.24, 2.45) is 0 Å². The molecule has 1 rings (SSSR count). The van der Waals surface area contributed by atoms with Gasteiger partial charge in [0.25, 0.3) is 0 Å². The van der Waals surface area contributed by atoms with Gasteiger partial charge in [0.15, 0.2) is 0 Å². The average Bonchev–Trinajstić information content (AvgIpc) is 2.55. The maximum Gasteiger partial charge on any atom is 0.408 e. The van der Waals surface area contributed by atoms with Gasteiger partial charge in [-0.2, -0.15) is 0 Å². The van der Waals surface area contributed by atoms with E-state index in [1.807, 2.05) is 6.07 Å². The third-order valence-corrected chi connectivity index (χ3v) is 2.81. The molecule has 0 heterocycles. The number of rotatable bonds is 9. The normalized spacial score (nSPS) is 11.1. The Labute approximate surface area is 132 Å². The van der Waals surface area contributed by atoms with E-state index in [2.05, 4.69) is 10.6 Å². The maximum atomic E-state index is 11.8. The molecule has 0 saturated heterocycles. The molecule has 1 atom stereocenters. The molecule has 1 aromatic rings. The molecule has 0 aliphatic heterocycles. The van der Waals surface area contributed by atoms with Crippen molar-refractivity contribution in [3.05, 3.63) is 35.9 Å². The molecule has 2 amide bonds. The fourth-order valence-corrected chi connectivity index (χ4v) is 1.70. The fourth-order valence-electron chi connectivity index (χ4n) is 1.70. The van der Waals surface area contributed by atoms with Crippen LogP contribution in [-0.4, -0.2) is 41.9 Å². The largest absolute Gasteiger partial charge is 0.480 e. The number of benzene rings is 1. The van der Waals surface area contributed by atoms with E-state index in [9.17, 15) is 19.2 Å². The van der Waals surface area contributed by atoms with Crippen molar-refractivity contribution in [3.8, 4) is 0 Å². The second-order valence-corrected chi connectivity index (χ2v) is 4.61. The van der Waals surface area contributed by atoms with Crippen molar-refractivity contribution >= 4 is 24.3 Å². The van der Waals surface area contributed by atoms with Crippen LogP contribution in [0.1, 0.15) is 18.4 Å². The summed E-state index contributed by atoms with van der Waals surface area (Å²) in [6.45, 7) is -0.541. The molecule has 0 radical (unpaired) electrons. The van der Waals surface area contributed by atoms with Crippen molar-refractivity contribution in [2.45, 2.75) is 25.5 Å². The molecular formula is C15H18N2O6. The van der Waals surface area contributed by atoms with Gasteiger partial charge in [-0.05, 0) is 12.0 Å². The van der Waals surface area contributed by atoms with Crippen LogP contribution in [0.25, 0.3) is 0 Å². The number of aliphatic carboxylic acids is 1. The number of aldehydes is 1. The zero-order valence-corrected chi connectivity index (χ0v) is 12.4. The number of carbonyl (C=O) groups is 4. The number of alkyl carbamates (subject to hydrolysis) is 1. The second kappa shape index (κ2) is 9.93. The minimum absolute atomic E-state index is 0.0316. The highest BCUT2D eigenvalue weighted by Gasteiger charge is 2.21. The van der Waals surface area contributed by atoms with Crippen molar-refractivity contribution in [1.29, 1.82) is 0 Å². The highest BCUT2D eigenvalue weighted by molar-refractivity contribution is 5.88. The standard InChI is InChI=1S/C15H18N2O6/c18-8-4-7-12(14(21)16-9-13(19)20)17-15(22)23-10-11-5-2-1-3-6-11/h1-3,5-6,8,12H,4,7,9-10H2,(H,16,21)(H,17,22)(H,19,20). The number of amides is 2. The molecule has 124 valence electrons. The van der Waals surface area contributed by atoms with E-state index in [0.717, 1.165) is 5.56 Å². The molecule has 0 saturated carbocycles. The topological polar surface area (TPSA) is 122 Å². The molecule has 1 unspecified atom stereocenters. The minimum Gasteiger partial charge on any atom is -0.480 e. The van der Waals surface area contributed by atoms with Crippen molar-refractivity contribution in [3.63, 3.8) is 0 Å². The molecule has 0 aromatic heterocycles. The fraction of sp³-hybridized carbons (Fsp3) is 0.333. The van der Waals surface area contributed by atoms with E-state index in [-0.39, 0.29) is 19.4 Å². The molecule has 0 bridgehead atoms. The Morgan fingerprint density at radius 1 is 1.22 bits per heavy atom. The first-order valence-electron chi connectivity index (χ1n) is 6.93. The number of carboxylic acid groups (broad SMARTS) is 1. The Morgan fingerprint density at radius 2 is 1.91 bits per heavy atom. The van der Waals surface area contributed by atoms with Crippen molar-refractivity contribution in [1.82, 2.24) is 10.6 Å². The lowest BCUT2D eigenvalue weighted by molar-refractivity contribution is -0.138. The zero-order valence-electron chi connectivity index (χ0n) is 12.4. The average molecular weight is 322 g/mol. The molecule has 1 aromatic carbocycles. The van der Waals surface area contributed by atoms with Gasteiger partial charge < -0.3 is 25.3 Å². The van der Waals surface area contributed by atoms with Gasteiger partial charge in [0, 0.05) is 6.42 Å². The Kier molecular flexibility index (Phi) is 7.84. The van der Waals surface area contributed by atoms with Crippen LogP contribution in [0.2, 0.25) is 0 Å². The molecule has 0 spiro atoms. The first-order valence-corrected chi connectivity index (χ1v) is 6.93. The van der Waals surface area contributed by atoms with E-state index in [4.69, 9.17) is 9.84 Å². The van der Waals surface area contributed by atoms with Gasteiger partial charge >= 0.3 is 12.1 Å². The quantitative estimate of drug-likeness (QED) is 0.568. The lowest BCUT2D eigenvalue weighted by Gasteiger charge is -2.17. The number of nitrogens with one attached hydrogen (secondary N) is 2. The summed E-state index contributed by atoms with van der Waals surface area (Å²) in [6.07, 6.45) is -0.122. The summed E-state index contributed by atoms with van der Waals surface area (Å²) >= 11 is 0. The van der Waals surface area contributed by atoms with E-state index >= 15 is 0 Å². The zero-order chi connectivity index (χ0) is 17.1. The maximum absolute atomic E-state index is 11.8. The predicted molar refractivity (Wildman–Crippen MR) is 79.5 cm³/mol. The van der Waals surface area contributed by atoms with Crippen LogP contribution in [0.5, 0.6) is 0 Å². The van der Waals surface area contributed by atoms with E-state index in [0.29, 0.717) is 6.29 Å². The van der Waals surface area contributed by atoms with E-state index < -0.39 is 30.6 Å². The van der Waals surface area contributed by atoms with Crippen LogP contribution in [0.4, 0.5) is 4.79 Å². The summed E-state index contributed by atoms with van der Waals surface area (Å²) in [5.74, 6) is -1.90. The Balaban J connectivity index is 2.50. The number of carboxylic acids is 1. The molecule has 0 aliphatic carbocycles. The molecule has 0 fully saturated rings. The van der Waals surface area contributed by atoms with Crippen LogP contribution < -0.4 is 10.6 Å². The van der Waals surface area contributed by atoms with Crippen LogP contribution in [-0.2, 0) is 25.7 Å². The van der Waals surface area contributed by atoms with Gasteiger partial charge in [0.1, 0.15) is 25.5 Å². The molecular weight excluding hydrogens is 304 g/mol. The SMILES string of the molecule is O=CCCC(NC(=O)OCc1ccccc1)C(=O)NCC(=O)O. The van der Waals surface area contributed by atoms with Gasteiger partial charge in [0.05, 0.1) is 0 Å². The molecule has 8 nitrogen and oxygen atoms in total. The predicted octanol–water partition coefficient (Wildman–Crippen LogP) is 0.461. The minimum atomic E-state index is -1.21. The van der Waals surface area contributed by atoms with Gasteiger partial charge in [-0.15, -0.1) is 0 Å². The van der Waals surface area contributed by atoms with Gasteiger partial charge in [-0.1, -0.05) is 30.3 Å². The van der Waals surface area contributed by atoms with Crippen LogP contribution in [0.15, 0.2) is 30.3 Å². The first kappa shape index (κ1) is 18.1. The van der Waals surface area contributed by atoms with Crippen molar-refractivity contribution < 1.29 is 29.0 Å². The Hall–Kier alpha value is -2.90. The third-order valence-electron chi connectivity index (χ3n) is 2.81. The Bertz CT molecular complexity index is 546. The summed E-state index contributed by atoms with van der Waals surface area (Å²) < 4.78 is 4.98. The Morgan fingerprint density at radius 3 is 2.52 bits per heavy atom. The second-order valence-electron chi connectivity index (χ2n) is 4.61. The van der Waals surface area contributed by atoms with E-state index in [1.165, 1.54) is 0 Å². The van der Waals surface area contributed by atoms with Gasteiger partial charge in [-0.3, -0.25) is 9.59 Å². The first-order chi connectivity index (χ1) is 11.0. The summed E-state index contributed by atoms with van der Waals surface area (Å²) in [5, 5.41) is 13.0. The molecule has 23 heavy (non-hydrogen) atoms. The van der Waals surface area contributed by atoms with Crippen LogP contribution >= 0.6 is 0 Å². The lowest BCUT2D eigenvalue weighted by atomic mass is 10.1. The molecule has 0 aliphatic rings. The van der Waals surface area contributed by atoms with Gasteiger partial charge in [-0.25, -0.2) is 4.79 Å². The number of hydrogen-bond acceptors (Lipinski definition) is 5. The highest BCUT2D eigenvalue weighted by atomic mass is 16.5. The summed E-state index contributed by atoms with van der Waals surface area (Å²) in [4.78, 5) is 44.4. The smallest absolute Gasteiger partial charge is 0.408 e.